The number of allylic oxidation sites excluding steroid dienone is 5. The van der Waals surface area contributed by atoms with Crippen LogP contribution in [-0.2, 0) is 25.0 Å². The van der Waals surface area contributed by atoms with Crippen molar-refractivity contribution in [1.29, 1.82) is 5.26 Å². The number of nitrogens with zero attached hydrogens (tertiary/aromatic N) is 1. The average molecular weight is 680 g/mol. The van der Waals surface area contributed by atoms with Crippen molar-refractivity contribution in [2.24, 2.45) is 0 Å². The van der Waals surface area contributed by atoms with Crippen LogP contribution in [-0.4, -0.2) is 39.5 Å². The van der Waals surface area contributed by atoms with Crippen LogP contribution in [0.1, 0.15) is 87.1 Å². The molecule has 0 heterocycles. The fraction of sp³-hybridized carbons (Fsp3) is 0.444. The van der Waals surface area contributed by atoms with Gasteiger partial charge in [0.25, 0.3) is 0 Å². The first-order chi connectivity index (χ1) is 22.3. The van der Waals surface area contributed by atoms with Gasteiger partial charge in [-0.15, -0.1) is 0 Å². The van der Waals surface area contributed by atoms with Gasteiger partial charge < -0.3 is 4.74 Å². The van der Waals surface area contributed by atoms with Gasteiger partial charge in [0.05, 0.1) is 0 Å². The minimum atomic E-state index is -3.92. The van der Waals surface area contributed by atoms with Gasteiger partial charge in [0, 0.05) is 13.7 Å². The summed E-state index contributed by atoms with van der Waals surface area (Å²) in [5.41, 5.74) is 0.265. The van der Waals surface area contributed by atoms with Crippen molar-refractivity contribution in [1.82, 2.24) is 0 Å². The molecule has 0 bridgehead atoms. The first-order valence-corrected chi connectivity index (χ1v) is 17.3. The molecular weight excluding hydrogens is 626 g/mol. The van der Waals surface area contributed by atoms with Crippen LogP contribution < -0.4 is 4.74 Å². The summed E-state index contributed by atoms with van der Waals surface area (Å²) in [5, 5.41) is 8.61. The summed E-state index contributed by atoms with van der Waals surface area (Å²) in [6.45, 7) is 20.8. The second kappa shape index (κ2) is 28.6. The predicted molar refractivity (Wildman–Crippen MR) is 191 cm³/mol. The van der Waals surface area contributed by atoms with Crippen molar-refractivity contribution in [2.75, 3.05) is 13.7 Å². The maximum Gasteiger partial charge on any atom is 0.123 e. The zero-order valence-corrected chi connectivity index (χ0v) is 30.5. The van der Waals surface area contributed by atoms with E-state index in [1.54, 1.807) is 32.2 Å². The number of nitriles is 1. The first kappa shape index (κ1) is 47.8. The van der Waals surface area contributed by atoms with Crippen LogP contribution in [0.3, 0.4) is 0 Å². The molecule has 0 radical (unpaired) electrons. The number of methoxy groups -OCH3 is 1. The number of rotatable bonds is 13. The van der Waals surface area contributed by atoms with E-state index in [1.165, 1.54) is 62.6 Å². The molecule has 0 N–H and O–H groups in total. The van der Waals surface area contributed by atoms with E-state index in [4.69, 9.17) is 10.00 Å². The number of halogens is 3. The summed E-state index contributed by atoms with van der Waals surface area (Å²) in [6, 6.07) is 11.6. The Labute approximate surface area is 282 Å². The van der Waals surface area contributed by atoms with E-state index >= 15 is 0 Å². The smallest absolute Gasteiger partial charge is 0.123 e. The molecule has 0 atom stereocenters. The van der Waals surface area contributed by atoms with Gasteiger partial charge in [-0.2, -0.15) is 0 Å². The van der Waals surface area contributed by atoms with E-state index in [0.717, 1.165) is 19.8 Å². The van der Waals surface area contributed by atoms with E-state index in [1.807, 2.05) is 41.5 Å². The number of benzene rings is 2. The van der Waals surface area contributed by atoms with Gasteiger partial charge in [0.15, 0.2) is 0 Å². The normalized spacial score (nSPS) is 11.2. The Hall–Kier alpha value is -3.62. The Kier molecular flexibility index (Phi) is 29.1. The van der Waals surface area contributed by atoms with Crippen molar-refractivity contribution in [2.45, 2.75) is 92.1 Å². The van der Waals surface area contributed by atoms with E-state index in [0.29, 0.717) is 24.7 Å². The molecule has 6 nitrogen and oxygen atoms in total. The van der Waals surface area contributed by atoms with Gasteiger partial charge in [0.2, 0.25) is 0 Å². The van der Waals surface area contributed by atoms with Gasteiger partial charge in [-0.05, 0) is 19.1 Å². The molecule has 0 aromatic heterocycles. The number of hydrogen-bond donors (Lipinski definition) is 0. The number of hydrogen-bond acceptors (Lipinski definition) is 6. The predicted octanol–water partition coefficient (Wildman–Crippen LogP) is 9.85. The minimum Gasteiger partial charge on any atom is -0.385 e. The van der Waals surface area contributed by atoms with Gasteiger partial charge in [-0.25, -0.2) is 4.39 Å². The van der Waals surface area contributed by atoms with Crippen molar-refractivity contribution in [3.8, 4) is 12.0 Å². The second-order valence-electron chi connectivity index (χ2n) is 9.32. The SMILES string of the molecule is C=C/C=C\C(F)=C(/CCC)Oc1ccc(F)c(CS(=O)(=O)C(C)(C)C(=BOC#N)CC)c1.CC.CC.CCOC.Fc1ccccc1. The maximum atomic E-state index is 14.5. The van der Waals surface area contributed by atoms with Crippen LogP contribution >= 0.6 is 0 Å². The summed E-state index contributed by atoms with van der Waals surface area (Å²) < 4.78 is 80.4. The molecule has 0 saturated carbocycles. The van der Waals surface area contributed by atoms with Crippen LogP contribution in [0.25, 0.3) is 0 Å². The number of ether oxygens (including phenoxy) is 2. The van der Waals surface area contributed by atoms with Gasteiger partial charge in [-0.3, -0.25) is 0 Å². The monoisotopic (exact) mass is 679 g/mol. The van der Waals surface area contributed by atoms with Crippen molar-refractivity contribution in [3.05, 3.63) is 102 Å². The molecule has 47 heavy (non-hydrogen) atoms. The van der Waals surface area contributed by atoms with Crippen molar-refractivity contribution in [3.63, 3.8) is 0 Å². The average Bonchev–Trinajstić information content (AvgIpc) is 3.07. The van der Waals surface area contributed by atoms with Crippen molar-refractivity contribution < 1.29 is 35.7 Å². The molecular formula is C36H53BF3NO5S. The zero-order chi connectivity index (χ0) is 36.9. The third kappa shape index (κ3) is 19.6. The summed E-state index contributed by atoms with van der Waals surface area (Å²) >= 11 is 0. The molecule has 2 aromatic carbocycles. The summed E-state index contributed by atoms with van der Waals surface area (Å²) in [5.74, 6) is -1.93. The maximum absolute atomic E-state index is 14.5. The molecule has 2 rings (SSSR count). The molecule has 0 fully saturated rings. The second-order valence-corrected chi connectivity index (χ2v) is 11.9. The molecule has 0 spiro atoms. The van der Waals surface area contributed by atoms with E-state index in [9.17, 15) is 21.6 Å². The van der Waals surface area contributed by atoms with Crippen LogP contribution in [0.15, 0.2) is 84.9 Å². The van der Waals surface area contributed by atoms with Crippen molar-refractivity contribution >= 4 is 22.4 Å². The van der Waals surface area contributed by atoms with E-state index in [-0.39, 0.29) is 22.9 Å². The first-order valence-electron chi connectivity index (χ1n) is 15.6. The van der Waals surface area contributed by atoms with E-state index in [2.05, 4.69) is 16.0 Å². The van der Waals surface area contributed by atoms with Gasteiger partial charge in [-0.1, -0.05) is 58.5 Å². The summed E-state index contributed by atoms with van der Waals surface area (Å²) in [7, 11) is -1.14. The van der Waals surface area contributed by atoms with Crippen LogP contribution in [0, 0.1) is 23.2 Å². The summed E-state index contributed by atoms with van der Waals surface area (Å²) in [6.07, 6.45) is 6.76. The fourth-order valence-corrected chi connectivity index (χ4v) is 4.89. The molecule has 2 aromatic rings. The molecule has 0 aliphatic rings. The van der Waals surface area contributed by atoms with E-state index < -0.39 is 32.0 Å². The zero-order valence-electron chi connectivity index (χ0n) is 29.7. The Bertz CT molecular complexity index is 1370. The molecule has 0 aliphatic heterocycles. The van der Waals surface area contributed by atoms with Crippen LogP contribution in [0.4, 0.5) is 13.2 Å². The van der Waals surface area contributed by atoms with Gasteiger partial charge in [0.1, 0.15) is 5.82 Å². The standard InChI is InChI=1S/C23H28BF2NO4S.C6H5F.C3H8O.2C2H6/c1-6-9-11-20(26)21(10-7-2)31-18-12-13-19(25)17(14-18)15-32(28,29)23(4,5)22(8-3)24-30-16-27;7-6-4-2-1-3-5-6;1-3-4-2;2*1-2/h6,9,11-14H,1,7-8,10,15H2,2-5H3;1-5H;3H2,1-2H3;2*1-2H3/b11-9-,21-20-;;;;. The Morgan fingerprint density at radius 2 is 1.62 bits per heavy atom. The third-order valence-corrected chi connectivity index (χ3v) is 8.44. The largest absolute Gasteiger partial charge is 0.385 e. The van der Waals surface area contributed by atoms with Crippen LogP contribution in [0.5, 0.6) is 5.75 Å². The Morgan fingerprint density at radius 1 is 1.04 bits per heavy atom. The third-order valence-electron chi connectivity index (χ3n) is 5.93. The Morgan fingerprint density at radius 3 is 2.04 bits per heavy atom. The molecule has 0 unspecified atom stereocenters. The van der Waals surface area contributed by atoms with Gasteiger partial charge >= 0.3 is 177 Å². The molecule has 11 heteroatoms. The summed E-state index contributed by atoms with van der Waals surface area (Å²) in [4.78, 5) is 0. The number of sulfone groups is 1. The molecule has 0 aliphatic carbocycles. The minimum absolute atomic E-state index is 0.0520. The molecule has 262 valence electrons. The fourth-order valence-electron chi connectivity index (χ4n) is 3.31. The Balaban J connectivity index is -0.00000107. The molecule has 0 amide bonds. The molecule has 0 saturated heterocycles. The quantitative estimate of drug-likeness (QED) is 0.0907. The topological polar surface area (TPSA) is 85.6 Å². The van der Waals surface area contributed by atoms with Crippen LogP contribution in [0.2, 0.25) is 0 Å².